The van der Waals surface area contributed by atoms with Crippen LogP contribution in [0, 0.1) is 0 Å². The standard InChI is InChI=1S/C10H12N4/c11-8-3-1-2-4-9(8)14-7-10-12-5-6-13-10/h1-6,14H,7,11H2,(H,12,13). The molecule has 1 aromatic heterocycles. The molecule has 0 saturated carbocycles. The lowest BCUT2D eigenvalue weighted by molar-refractivity contribution is 1.00. The molecule has 0 aliphatic heterocycles. The van der Waals surface area contributed by atoms with Crippen LogP contribution in [0.25, 0.3) is 0 Å². The number of benzene rings is 1. The summed E-state index contributed by atoms with van der Waals surface area (Å²) >= 11 is 0. The number of nitrogens with two attached hydrogens (primary N) is 1. The van der Waals surface area contributed by atoms with Crippen LogP contribution in [0.1, 0.15) is 5.82 Å². The zero-order valence-electron chi connectivity index (χ0n) is 7.70. The van der Waals surface area contributed by atoms with Crippen LogP contribution in [0.15, 0.2) is 36.7 Å². The second-order valence-corrected chi connectivity index (χ2v) is 2.98. The van der Waals surface area contributed by atoms with E-state index in [0.717, 1.165) is 17.2 Å². The van der Waals surface area contributed by atoms with Gasteiger partial charge in [0, 0.05) is 12.4 Å². The van der Waals surface area contributed by atoms with Gasteiger partial charge >= 0.3 is 0 Å². The predicted octanol–water partition coefficient (Wildman–Crippen LogP) is 1.60. The zero-order valence-corrected chi connectivity index (χ0v) is 7.70. The maximum Gasteiger partial charge on any atom is 0.125 e. The highest BCUT2D eigenvalue weighted by Gasteiger charge is 1.97. The molecule has 0 bridgehead atoms. The Morgan fingerprint density at radius 1 is 1.36 bits per heavy atom. The Bertz CT molecular complexity index is 394. The minimum absolute atomic E-state index is 0.654. The lowest BCUT2D eigenvalue weighted by atomic mass is 10.3. The van der Waals surface area contributed by atoms with Crippen molar-refractivity contribution in [1.82, 2.24) is 9.97 Å². The summed E-state index contributed by atoms with van der Waals surface area (Å²) in [6, 6.07) is 7.66. The van der Waals surface area contributed by atoms with Crippen molar-refractivity contribution >= 4 is 11.4 Å². The van der Waals surface area contributed by atoms with Gasteiger partial charge in [-0.25, -0.2) is 4.98 Å². The van der Waals surface area contributed by atoms with Crippen molar-refractivity contribution in [2.24, 2.45) is 0 Å². The molecule has 0 radical (unpaired) electrons. The van der Waals surface area contributed by atoms with Crippen molar-refractivity contribution in [3.05, 3.63) is 42.5 Å². The van der Waals surface area contributed by atoms with Crippen LogP contribution in [-0.2, 0) is 6.54 Å². The third-order valence-corrected chi connectivity index (χ3v) is 1.96. The van der Waals surface area contributed by atoms with Crippen molar-refractivity contribution in [3.63, 3.8) is 0 Å². The first-order chi connectivity index (χ1) is 6.86. The molecule has 0 amide bonds. The zero-order chi connectivity index (χ0) is 9.80. The first-order valence-corrected chi connectivity index (χ1v) is 4.43. The summed E-state index contributed by atoms with van der Waals surface area (Å²) in [6.07, 6.45) is 3.52. The molecule has 0 saturated heterocycles. The smallest absolute Gasteiger partial charge is 0.125 e. The summed E-state index contributed by atoms with van der Waals surface area (Å²) in [5.41, 5.74) is 7.45. The largest absolute Gasteiger partial charge is 0.397 e. The molecule has 2 aromatic rings. The fourth-order valence-electron chi connectivity index (χ4n) is 1.23. The third kappa shape index (κ3) is 1.85. The number of imidazole rings is 1. The Morgan fingerprint density at radius 3 is 2.93 bits per heavy atom. The molecule has 4 N–H and O–H groups in total. The maximum atomic E-state index is 5.77. The van der Waals surface area contributed by atoms with E-state index in [-0.39, 0.29) is 0 Å². The highest BCUT2D eigenvalue weighted by Crippen LogP contribution is 2.16. The summed E-state index contributed by atoms with van der Waals surface area (Å²) in [5, 5.41) is 3.20. The molecular formula is C10H12N4. The van der Waals surface area contributed by atoms with Crippen LogP contribution in [0.2, 0.25) is 0 Å². The molecule has 2 rings (SSSR count). The van der Waals surface area contributed by atoms with Crippen LogP contribution >= 0.6 is 0 Å². The van der Waals surface area contributed by atoms with Gasteiger partial charge in [-0.3, -0.25) is 0 Å². The predicted molar refractivity (Wildman–Crippen MR) is 56.8 cm³/mol. The lowest BCUT2D eigenvalue weighted by Gasteiger charge is -2.06. The Balaban J connectivity index is 2.02. The van der Waals surface area contributed by atoms with Gasteiger partial charge in [0.15, 0.2) is 0 Å². The molecule has 0 aliphatic carbocycles. The summed E-state index contributed by atoms with van der Waals surface area (Å²) in [7, 11) is 0. The first kappa shape index (κ1) is 8.62. The monoisotopic (exact) mass is 188 g/mol. The van der Waals surface area contributed by atoms with Crippen LogP contribution in [0.4, 0.5) is 11.4 Å². The normalized spacial score (nSPS) is 10.0. The lowest BCUT2D eigenvalue weighted by Crippen LogP contribution is -2.03. The second kappa shape index (κ2) is 3.83. The molecule has 14 heavy (non-hydrogen) atoms. The molecule has 0 spiro atoms. The molecule has 72 valence electrons. The molecule has 4 nitrogen and oxygen atoms in total. The fraction of sp³-hybridized carbons (Fsp3) is 0.100. The Morgan fingerprint density at radius 2 is 2.21 bits per heavy atom. The first-order valence-electron chi connectivity index (χ1n) is 4.43. The SMILES string of the molecule is Nc1ccccc1NCc1ncc[nH]1. The van der Waals surface area contributed by atoms with Gasteiger partial charge in [0.25, 0.3) is 0 Å². The van der Waals surface area contributed by atoms with Gasteiger partial charge in [0.05, 0.1) is 17.9 Å². The molecule has 0 fully saturated rings. The maximum absolute atomic E-state index is 5.77. The minimum Gasteiger partial charge on any atom is -0.397 e. The molecule has 0 aliphatic rings. The van der Waals surface area contributed by atoms with Gasteiger partial charge < -0.3 is 16.0 Å². The van der Waals surface area contributed by atoms with E-state index < -0.39 is 0 Å². The van der Waals surface area contributed by atoms with E-state index in [1.807, 2.05) is 24.3 Å². The Kier molecular flexibility index (Phi) is 2.36. The van der Waals surface area contributed by atoms with E-state index in [9.17, 15) is 0 Å². The van der Waals surface area contributed by atoms with Crippen LogP contribution in [-0.4, -0.2) is 9.97 Å². The topological polar surface area (TPSA) is 66.7 Å². The molecule has 1 heterocycles. The van der Waals surface area contributed by atoms with E-state index in [1.165, 1.54) is 0 Å². The minimum atomic E-state index is 0.654. The summed E-state index contributed by atoms with van der Waals surface area (Å²) in [6.45, 7) is 0.654. The summed E-state index contributed by atoms with van der Waals surface area (Å²) < 4.78 is 0. The number of H-pyrrole nitrogens is 1. The fourth-order valence-corrected chi connectivity index (χ4v) is 1.23. The molecular weight excluding hydrogens is 176 g/mol. The number of nitrogen functional groups attached to an aromatic ring is 1. The molecule has 1 aromatic carbocycles. The van der Waals surface area contributed by atoms with Crippen molar-refractivity contribution in [2.75, 3.05) is 11.1 Å². The molecule has 0 atom stereocenters. The molecule has 4 heteroatoms. The van der Waals surface area contributed by atoms with Crippen molar-refractivity contribution in [1.29, 1.82) is 0 Å². The number of nitrogens with one attached hydrogen (secondary N) is 2. The number of rotatable bonds is 3. The third-order valence-electron chi connectivity index (χ3n) is 1.96. The van der Waals surface area contributed by atoms with Crippen LogP contribution in [0.5, 0.6) is 0 Å². The Labute approximate surface area is 82.2 Å². The van der Waals surface area contributed by atoms with Gasteiger partial charge in [-0.05, 0) is 12.1 Å². The van der Waals surface area contributed by atoms with Gasteiger partial charge in [0.1, 0.15) is 5.82 Å². The number of para-hydroxylation sites is 2. The van der Waals surface area contributed by atoms with Crippen molar-refractivity contribution in [3.8, 4) is 0 Å². The van der Waals surface area contributed by atoms with E-state index >= 15 is 0 Å². The highest BCUT2D eigenvalue weighted by molar-refractivity contribution is 5.65. The Hall–Kier alpha value is -1.97. The number of anilines is 2. The quantitative estimate of drug-likeness (QED) is 0.641. The van der Waals surface area contributed by atoms with Crippen molar-refractivity contribution in [2.45, 2.75) is 6.54 Å². The number of aromatic amines is 1. The second-order valence-electron chi connectivity index (χ2n) is 2.98. The van der Waals surface area contributed by atoms with E-state index in [1.54, 1.807) is 12.4 Å². The van der Waals surface area contributed by atoms with Crippen LogP contribution < -0.4 is 11.1 Å². The summed E-state index contributed by atoms with van der Waals surface area (Å²) in [5.74, 6) is 0.897. The molecule has 0 unspecified atom stereocenters. The van der Waals surface area contributed by atoms with Gasteiger partial charge in [-0.1, -0.05) is 12.1 Å². The van der Waals surface area contributed by atoms with E-state index in [2.05, 4.69) is 15.3 Å². The highest BCUT2D eigenvalue weighted by atomic mass is 15.0. The van der Waals surface area contributed by atoms with E-state index in [0.29, 0.717) is 6.54 Å². The van der Waals surface area contributed by atoms with E-state index in [4.69, 9.17) is 5.73 Å². The van der Waals surface area contributed by atoms with Gasteiger partial charge in [-0.15, -0.1) is 0 Å². The number of aromatic nitrogens is 2. The van der Waals surface area contributed by atoms with Crippen molar-refractivity contribution < 1.29 is 0 Å². The number of hydrogen-bond donors (Lipinski definition) is 3. The number of nitrogens with zero attached hydrogens (tertiary/aromatic N) is 1. The van der Waals surface area contributed by atoms with Gasteiger partial charge in [-0.2, -0.15) is 0 Å². The summed E-state index contributed by atoms with van der Waals surface area (Å²) in [4.78, 5) is 7.11. The number of hydrogen-bond acceptors (Lipinski definition) is 3. The van der Waals surface area contributed by atoms with Crippen LogP contribution in [0.3, 0.4) is 0 Å². The average molecular weight is 188 g/mol. The average Bonchev–Trinajstić information content (AvgIpc) is 2.69. The van der Waals surface area contributed by atoms with Gasteiger partial charge in [0.2, 0.25) is 0 Å².